The van der Waals surface area contributed by atoms with Gasteiger partial charge >= 0.3 is 11.7 Å². The van der Waals surface area contributed by atoms with Crippen LogP contribution in [0.5, 0.6) is 0 Å². The highest BCUT2D eigenvalue weighted by Crippen LogP contribution is 2.21. The lowest BCUT2D eigenvalue weighted by Crippen LogP contribution is -2.31. The van der Waals surface area contributed by atoms with Gasteiger partial charge in [-0.2, -0.15) is 0 Å². The number of nitrogens with one attached hydrogen (secondary N) is 1. The number of nitrogens with zero attached hydrogens (tertiary/aromatic N) is 1. The van der Waals surface area contributed by atoms with Gasteiger partial charge in [0.05, 0.1) is 16.7 Å². The number of methoxy groups -OCH3 is 1. The number of aromatic nitrogens is 2. The minimum atomic E-state index is -0.593. The number of hydrogen-bond donors (Lipinski definition) is 1. The maximum Gasteiger partial charge on any atom is 0.339 e. The Kier molecular flexibility index (Phi) is 6.81. The molecule has 0 saturated heterocycles. The van der Waals surface area contributed by atoms with E-state index in [2.05, 4.69) is 4.98 Å². The van der Waals surface area contributed by atoms with E-state index in [-0.39, 0.29) is 17.2 Å². The largest absolute Gasteiger partial charge is 0.459 e. The Morgan fingerprint density at radius 1 is 1.28 bits per heavy atom. The molecule has 2 aromatic rings. The molecular weight excluding hydrogens is 371 g/mol. The Morgan fingerprint density at radius 3 is 2.68 bits per heavy atom. The van der Waals surface area contributed by atoms with Crippen molar-refractivity contribution in [3.63, 3.8) is 0 Å². The van der Waals surface area contributed by atoms with Gasteiger partial charge in [0.15, 0.2) is 0 Å². The zero-order chi connectivity index (χ0) is 18.4. The SMILES string of the molecule is COC(CCn1ccc(=O)[nH]c1=O)COC(=O)c1ccc(Cl)cc1Cl. The van der Waals surface area contributed by atoms with Crippen LogP contribution in [0.15, 0.2) is 40.1 Å². The second-order valence-corrected chi connectivity index (χ2v) is 6.02. The van der Waals surface area contributed by atoms with Gasteiger partial charge in [0, 0.05) is 30.9 Å². The van der Waals surface area contributed by atoms with Crippen molar-refractivity contribution in [1.29, 1.82) is 0 Å². The summed E-state index contributed by atoms with van der Waals surface area (Å²) in [7, 11) is 1.48. The average Bonchev–Trinajstić information content (AvgIpc) is 2.56. The quantitative estimate of drug-likeness (QED) is 0.735. The highest BCUT2D eigenvalue weighted by Gasteiger charge is 2.16. The molecule has 1 N–H and O–H groups in total. The molecule has 0 fully saturated rings. The van der Waals surface area contributed by atoms with Crippen LogP contribution in [0.1, 0.15) is 16.8 Å². The normalized spacial score (nSPS) is 12.0. The van der Waals surface area contributed by atoms with E-state index in [0.717, 1.165) is 0 Å². The van der Waals surface area contributed by atoms with Crippen molar-refractivity contribution in [2.75, 3.05) is 13.7 Å². The molecule has 1 unspecified atom stereocenters. The number of rotatable bonds is 7. The first-order valence-electron chi connectivity index (χ1n) is 7.35. The summed E-state index contributed by atoms with van der Waals surface area (Å²) in [5.74, 6) is -0.593. The van der Waals surface area contributed by atoms with Crippen molar-refractivity contribution in [2.24, 2.45) is 0 Å². The van der Waals surface area contributed by atoms with Gasteiger partial charge in [0.25, 0.3) is 5.56 Å². The number of H-pyrrole nitrogens is 1. The first kappa shape index (κ1) is 19.2. The van der Waals surface area contributed by atoms with E-state index >= 15 is 0 Å². The molecule has 0 saturated carbocycles. The molecule has 1 aromatic carbocycles. The lowest BCUT2D eigenvalue weighted by Gasteiger charge is -2.16. The fourth-order valence-electron chi connectivity index (χ4n) is 2.07. The summed E-state index contributed by atoms with van der Waals surface area (Å²) in [6.45, 7) is 0.291. The molecule has 1 heterocycles. The number of halogens is 2. The topological polar surface area (TPSA) is 90.4 Å². The van der Waals surface area contributed by atoms with Crippen molar-refractivity contribution in [3.8, 4) is 0 Å². The van der Waals surface area contributed by atoms with Gasteiger partial charge in [-0.3, -0.25) is 9.78 Å². The molecule has 9 heteroatoms. The molecule has 1 aromatic heterocycles. The highest BCUT2D eigenvalue weighted by molar-refractivity contribution is 6.36. The summed E-state index contributed by atoms with van der Waals surface area (Å²) in [6.07, 6.45) is 1.38. The second-order valence-electron chi connectivity index (χ2n) is 5.17. The number of hydrogen-bond acceptors (Lipinski definition) is 5. The summed E-state index contributed by atoms with van der Waals surface area (Å²) in [6, 6.07) is 5.73. The predicted molar refractivity (Wildman–Crippen MR) is 93.5 cm³/mol. The summed E-state index contributed by atoms with van der Waals surface area (Å²) >= 11 is 11.7. The molecule has 0 radical (unpaired) electrons. The fraction of sp³-hybridized carbons (Fsp3) is 0.312. The minimum absolute atomic E-state index is 0.00755. The molecule has 2 rings (SSSR count). The standard InChI is InChI=1S/C16H16Cl2N2O5/c1-24-11(4-6-20-7-5-14(21)19-16(20)23)9-25-15(22)12-3-2-10(17)8-13(12)18/h2-3,5,7-8,11H,4,6,9H2,1H3,(H,19,21,23). The van der Waals surface area contributed by atoms with Crippen LogP contribution in [-0.4, -0.2) is 35.3 Å². The number of carbonyl (C=O) groups is 1. The molecule has 0 aliphatic rings. The Morgan fingerprint density at radius 2 is 2.04 bits per heavy atom. The zero-order valence-electron chi connectivity index (χ0n) is 13.3. The smallest absolute Gasteiger partial charge is 0.339 e. The van der Waals surface area contributed by atoms with Crippen molar-refractivity contribution in [2.45, 2.75) is 19.1 Å². The van der Waals surface area contributed by atoms with Gasteiger partial charge in [-0.25, -0.2) is 9.59 Å². The molecular formula is C16H16Cl2N2O5. The van der Waals surface area contributed by atoms with Crippen LogP contribution in [0.25, 0.3) is 0 Å². The number of ether oxygens (including phenoxy) is 2. The van der Waals surface area contributed by atoms with Crippen LogP contribution in [0.3, 0.4) is 0 Å². The van der Waals surface area contributed by atoms with Crippen LogP contribution in [0, 0.1) is 0 Å². The van der Waals surface area contributed by atoms with E-state index < -0.39 is 23.3 Å². The lowest BCUT2D eigenvalue weighted by molar-refractivity contribution is 0.00651. The van der Waals surface area contributed by atoms with Crippen LogP contribution in [-0.2, 0) is 16.0 Å². The number of aryl methyl sites for hydroxylation is 1. The molecule has 0 aliphatic carbocycles. The monoisotopic (exact) mass is 386 g/mol. The summed E-state index contributed by atoms with van der Waals surface area (Å²) < 4.78 is 11.8. The maximum absolute atomic E-state index is 12.1. The number of carbonyl (C=O) groups excluding carboxylic acids is 1. The number of aromatic amines is 1. The number of esters is 1. The van der Waals surface area contributed by atoms with Gasteiger partial charge in [0.2, 0.25) is 0 Å². The first-order chi connectivity index (χ1) is 11.9. The molecule has 0 amide bonds. The average molecular weight is 387 g/mol. The number of benzene rings is 1. The van der Waals surface area contributed by atoms with Gasteiger partial charge in [0.1, 0.15) is 6.61 Å². The molecule has 25 heavy (non-hydrogen) atoms. The molecule has 0 bridgehead atoms. The lowest BCUT2D eigenvalue weighted by atomic mass is 10.2. The van der Waals surface area contributed by atoms with Crippen molar-refractivity contribution in [1.82, 2.24) is 9.55 Å². The van der Waals surface area contributed by atoms with Crippen molar-refractivity contribution < 1.29 is 14.3 Å². The molecule has 0 spiro atoms. The van der Waals surface area contributed by atoms with Crippen LogP contribution in [0.4, 0.5) is 0 Å². The Labute approximate surface area is 153 Å². The zero-order valence-corrected chi connectivity index (χ0v) is 14.8. The third kappa shape index (κ3) is 5.45. The molecule has 7 nitrogen and oxygen atoms in total. The van der Waals surface area contributed by atoms with Gasteiger partial charge in [-0.1, -0.05) is 23.2 Å². The van der Waals surface area contributed by atoms with E-state index in [0.29, 0.717) is 18.0 Å². The van der Waals surface area contributed by atoms with E-state index in [9.17, 15) is 14.4 Å². The summed E-state index contributed by atoms with van der Waals surface area (Å²) in [4.78, 5) is 36.9. The van der Waals surface area contributed by atoms with E-state index in [4.69, 9.17) is 32.7 Å². The third-order valence-electron chi connectivity index (χ3n) is 3.47. The van der Waals surface area contributed by atoms with Crippen molar-refractivity contribution >= 4 is 29.2 Å². The maximum atomic E-state index is 12.1. The predicted octanol–water partition coefficient (Wildman–Crippen LogP) is 2.11. The van der Waals surface area contributed by atoms with Crippen molar-refractivity contribution in [3.05, 3.63) is 66.9 Å². The van der Waals surface area contributed by atoms with Crippen LogP contribution >= 0.6 is 23.2 Å². The summed E-state index contributed by atoms with van der Waals surface area (Å²) in [5, 5.41) is 0.619. The minimum Gasteiger partial charge on any atom is -0.459 e. The fourth-order valence-corrected chi connectivity index (χ4v) is 2.56. The van der Waals surface area contributed by atoms with E-state index in [1.165, 1.54) is 36.1 Å². The molecule has 0 aliphatic heterocycles. The second kappa shape index (κ2) is 8.84. The van der Waals surface area contributed by atoms with E-state index in [1.54, 1.807) is 6.07 Å². The highest BCUT2D eigenvalue weighted by atomic mass is 35.5. The van der Waals surface area contributed by atoms with E-state index in [1.807, 2.05) is 0 Å². The van der Waals surface area contributed by atoms with Crippen LogP contribution < -0.4 is 11.2 Å². The Hall–Kier alpha value is -2.09. The van der Waals surface area contributed by atoms with Gasteiger partial charge in [-0.05, 0) is 24.6 Å². The summed E-state index contributed by atoms with van der Waals surface area (Å²) in [5.41, 5.74) is -0.761. The van der Waals surface area contributed by atoms with Gasteiger partial charge < -0.3 is 14.0 Å². The Balaban J connectivity index is 1.92. The third-order valence-corrected chi connectivity index (χ3v) is 4.02. The van der Waals surface area contributed by atoms with Gasteiger partial charge in [-0.15, -0.1) is 0 Å². The Bertz CT molecular complexity index is 862. The first-order valence-corrected chi connectivity index (χ1v) is 8.11. The van der Waals surface area contributed by atoms with Crippen LogP contribution in [0.2, 0.25) is 10.0 Å². The molecule has 1 atom stereocenters. The molecule has 134 valence electrons.